The summed E-state index contributed by atoms with van der Waals surface area (Å²) in [5.74, 6) is 1.31. The molecule has 2 amide bonds. The molecule has 2 aromatic rings. The van der Waals surface area contributed by atoms with E-state index in [1.807, 2.05) is 30.3 Å². The topological polar surface area (TPSA) is 83.7 Å². The quantitative estimate of drug-likeness (QED) is 0.721. The van der Waals surface area contributed by atoms with E-state index in [4.69, 9.17) is 9.15 Å². The van der Waals surface area contributed by atoms with Crippen molar-refractivity contribution in [1.29, 1.82) is 0 Å². The van der Waals surface area contributed by atoms with Crippen molar-refractivity contribution in [2.45, 2.75) is 37.3 Å². The Kier molecular flexibility index (Phi) is 5.28. The van der Waals surface area contributed by atoms with Gasteiger partial charge in [-0.2, -0.15) is 0 Å². The van der Waals surface area contributed by atoms with Crippen LogP contribution in [0, 0.1) is 0 Å². The van der Waals surface area contributed by atoms with Gasteiger partial charge in [0.25, 0.3) is 0 Å². The first kappa shape index (κ1) is 17.4. The normalized spacial score (nSPS) is 16.6. The number of furan rings is 1. The summed E-state index contributed by atoms with van der Waals surface area (Å²) in [6.45, 7) is 0.0639. The van der Waals surface area contributed by atoms with Crippen molar-refractivity contribution in [2.24, 2.45) is 0 Å². The zero-order valence-electron chi connectivity index (χ0n) is 14.3. The molecule has 1 fully saturated rings. The van der Waals surface area contributed by atoms with E-state index in [1.165, 1.54) is 0 Å². The average molecular weight is 344 g/mol. The second-order valence-electron chi connectivity index (χ2n) is 6.40. The van der Waals surface area contributed by atoms with E-state index in [-0.39, 0.29) is 18.2 Å². The fourth-order valence-electron chi connectivity index (χ4n) is 3.33. The second kappa shape index (κ2) is 7.61. The van der Waals surface area contributed by atoms with E-state index < -0.39 is 6.04 Å². The van der Waals surface area contributed by atoms with Crippen molar-refractivity contribution in [2.75, 3.05) is 13.7 Å². The minimum Gasteiger partial charge on any atom is -0.496 e. The van der Waals surface area contributed by atoms with Gasteiger partial charge < -0.3 is 24.9 Å². The van der Waals surface area contributed by atoms with Crippen LogP contribution in [0.1, 0.15) is 43.0 Å². The fourth-order valence-corrected chi connectivity index (χ4v) is 3.33. The molecule has 0 bridgehead atoms. The van der Waals surface area contributed by atoms with Crippen molar-refractivity contribution < 1.29 is 19.1 Å². The molecule has 1 aromatic heterocycles. The molecule has 6 heteroatoms. The van der Waals surface area contributed by atoms with Gasteiger partial charge in [0.2, 0.25) is 0 Å². The molecule has 0 spiro atoms. The van der Waals surface area contributed by atoms with Gasteiger partial charge in [0.15, 0.2) is 0 Å². The summed E-state index contributed by atoms with van der Waals surface area (Å²) >= 11 is 0. The molecule has 1 saturated carbocycles. The van der Waals surface area contributed by atoms with Crippen LogP contribution < -0.4 is 15.4 Å². The minimum atomic E-state index is -0.461. The Hall–Kier alpha value is -2.47. The predicted octanol–water partition coefficient (Wildman–Crippen LogP) is 2.98. The van der Waals surface area contributed by atoms with Gasteiger partial charge in [-0.1, -0.05) is 18.2 Å². The van der Waals surface area contributed by atoms with Crippen LogP contribution in [0.5, 0.6) is 5.75 Å². The maximum Gasteiger partial charge on any atom is 0.316 e. The Morgan fingerprint density at radius 2 is 2.12 bits per heavy atom. The van der Waals surface area contributed by atoms with E-state index in [2.05, 4.69) is 10.6 Å². The smallest absolute Gasteiger partial charge is 0.316 e. The molecule has 0 unspecified atom stereocenters. The first-order chi connectivity index (χ1) is 12.2. The lowest BCUT2D eigenvalue weighted by molar-refractivity contribution is 0.135. The van der Waals surface area contributed by atoms with Crippen molar-refractivity contribution in [1.82, 2.24) is 10.6 Å². The highest BCUT2D eigenvalue weighted by Crippen LogP contribution is 2.35. The Balaban J connectivity index is 1.80. The van der Waals surface area contributed by atoms with E-state index in [0.29, 0.717) is 17.9 Å². The molecule has 3 rings (SSSR count). The van der Waals surface area contributed by atoms with E-state index in [9.17, 15) is 9.90 Å². The number of hydrogen-bond acceptors (Lipinski definition) is 4. The van der Waals surface area contributed by atoms with Crippen LogP contribution in [0.2, 0.25) is 0 Å². The van der Waals surface area contributed by atoms with Crippen LogP contribution in [-0.2, 0) is 0 Å². The SMILES string of the molecule is COc1ccccc1[C@@H](NC(=O)NC1(CCO)CCC1)c1ccco1. The van der Waals surface area contributed by atoms with E-state index in [0.717, 1.165) is 24.8 Å². The molecule has 1 heterocycles. The number of rotatable bonds is 7. The predicted molar refractivity (Wildman–Crippen MR) is 93.5 cm³/mol. The van der Waals surface area contributed by atoms with Gasteiger partial charge >= 0.3 is 6.03 Å². The Morgan fingerprint density at radius 1 is 1.32 bits per heavy atom. The van der Waals surface area contributed by atoms with Crippen LogP contribution in [-0.4, -0.2) is 30.4 Å². The summed E-state index contributed by atoms with van der Waals surface area (Å²) in [5, 5.41) is 15.3. The lowest BCUT2D eigenvalue weighted by atomic mass is 9.74. The first-order valence-electron chi connectivity index (χ1n) is 8.53. The summed E-state index contributed by atoms with van der Waals surface area (Å²) in [5.41, 5.74) is 0.521. The molecule has 6 nitrogen and oxygen atoms in total. The molecular formula is C19H24N2O4. The lowest BCUT2D eigenvalue weighted by Gasteiger charge is -2.42. The molecule has 3 N–H and O–H groups in total. The van der Waals surface area contributed by atoms with Gasteiger partial charge in [-0.3, -0.25) is 0 Å². The number of ether oxygens (including phenoxy) is 1. The zero-order valence-corrected chi connectivity index (χ0v) is 14.3. The largest absolute Gasteiger partial charge is 0.496 e. The van der Waals surface area contributed by atoms with Gasteiger partial charge in [0, 0.05) is 17.7 Å². The molecule has 25 heavy (non-hydrogen) atoms. The van der Waals surface area contributed by atoms with Gasteiger partial charge in [-0.25, -0.2) is 4.79 Å². The maximum atomic E-state index is 12.6. The molecule has 1 aliphatic carbocycles. The number of methoxy groups -OCH3 is 1. The van der Waals surface area contributed by atoms with Crippen molar-refractivity contribution >= 4 is 6.03 Å². The van der Waals surface area contributed by atoms with Crippen LogP contribution >= 0.6 is 0 Å². The summed E-state index contributed by atoms with van der Waals surface area (Å²) in [7, 11) is 1.60. The zero-order chi connectivity index (χ0) is 17.7. The number of hydrogen-bond donors (Lipinski definition) is 3. The van der Waals surface area contributed by atoms with Gasteiger partial charge in [-0.05, 0) is 43.9 Å². The number of carbonyl (C=O) groups excluding carboxylic acids is 1. The standard InChI is InChI=1S/C19H24N2O4/c1-24-15-7-3-2-6-14(15)17(16-8-4-13-25-16)20-18(23)21-19(11-12-22)9-5-10-19/h2-4,6-8,13,17,22H,5,9-12H2,1H3,(H2,20,21,23)/t17-/m1/s1. The molecule has 1 aliphatic rings. The first-order valence-corrected chi connectivity index (χ1v) is 8.53. The fraction of sp³-hybridized carbons (Fsp3) is 0.421. The minimum absolute atomic E-state index is 0.0639. The second-order valence-corrected chi connectivity index (χ2v) is 6.40. The number of para-hydroxylation sites is 1. The number of urea groups is 1. The molecular weight excluding hydrogens is 320 g/mol. The number of benzene rings is 1. The maximum absolute atomic E-state index is 12.6. The molecule has 0 radical (unpaired) electrons. The van der Waals surface area contributed by atoms with Crippen LogP contribution in [0.3, 0.4) is 0 Å². The monoisotopic (exact) mass is 344 g/mol. The molecule has 1 atom stereocenters. The summed E-state index contributed by atoms with van der Waals surface area (Å²) < 4.78 is 11.0. The van der Waals surface area contributed by atoms with Gasteiger partial charge in [0.05, 0.1) is 13.4 Å². The van der Waals surface area contributed by atoms with Crippen LogP contribution in [0.25, 0.3) is 0 Å². The van der Waals surface area contributed by atoms with E-state index >= 15 is 0 Å². The van der Waals surface area contributed by atoms with Gasteiger partial charge in [0.1, 0.15) is 17.6 Å². The Morgan fingerprint density at radius 3 is 2.72 bits per heavy atom. The lowest BCUT2D eigenvalue weighted by Crippen LogP contribution is -2.57. The van der Waals surface area contributed by atoms with Crippen LogP contribution in [0.4, 0.5) is 4.79 Å². The highest BCUT2D eigenvalue weighted by molar-refractivity contribution is 5.76. The Bertz CT molecular complexity index is 695. The molecule has 0 aliphatic heterocycles. The molecule has 134 valence electrons. The number of nitrogens with one attached hydrogen (secondary N) is 2. The number of aliphatic hydroxyl groups excluding tert-OH is 1. The van der Waals surface area contributed by atoms with Crippen LogP contribution in [0.15, 0.2) is 47.1 Å². The number of aliphatic hydroxyl groups is 1. The third kappa shape index (κ3) is 3.79. The number of amides is 2. The molecule has 0 saturated heterocycles. The number of carbonyl (C=O) groups is 1. The summed E-state index contributed by atoms with van der Waals surface area (Å²) in [4.78, 5) is 12.6. The highest BCUT2D eigenvalue weighted by Gasteiger charge is 2.38. The summed E-state index contributed by atoms with van der Waals surface area (Å²) in [6, 6.07) is 10.4. The van der Waals surface area contributed by atoms with E-state index in [1.54, 1.807) is 19.4 Å². The molecule has 1 aromatic carbocycles. The van der Waals surface area contributed by atoms with Gasteiger partial charge in [-0.15, -0.1) is 0 Å². The highest BCUT2D eigenvalue weighted by atomic mass is 16.5. The van der Waals surface area contributed by atoms with Crippen molar-refractivity contribution in [3.8, 4) is 5.75 Å². The average Bonchev–Trinajstić information content (AvgIpc) is 3.12. The summed E-state index contributed by atoms with van der Waals surface area (Å²) in [6.07, 6.45) is 4.99. The van der Waals surface area contributed by atoms with Crippen molar-refractivity contribution in [3.05, 3.63) is 54.0 Å². The third-order valence-electron chi connectivity index (χ3n) is 4.83. The Labute approximate surface area is 147 Å². The third-order valence-corrected chi connectivity index (χ3v) is 4.83. The van der Waals surface area contributed by atoms with Crippen molar-refractivity contribution in [3.63, 3.8) is 0 Å².